The Morgan fingerprint density at radius 3 is 2.04 bits per heavy atom. The number of fused-ring (bicyclic) bond motifs is 2. The van der Waals surface area contributed by atoms with Crippen LogP contribution in [0.5, 0.6) is 0 Å². The summed E-state index contributed by atoms with van der Waals surface area (Å²) in [5, 5.41) is 8.18. The predicted octanol–water partition coefficient (Wildman–Crippen LogP) is 4.90. The summed E-state index contributed by atoms with van der Waals surface area (Å²) >= 11 is 0. The van der Waals surface area contributed by atoms with Gasteiger partial charge in [0, 0.05) is 6.54 Å². The first-order chi connectivity index (χ1) is 11.4. The fourth-order valence-corrected chi connectivity index (χ4v) is 3.80. The van der Waals surface area contributed by atoms with E-state index >= 15 is 0 Å². The van der Waals surface area contributed by atoms with Crippen LogP contribution >= 0.6 is 0 Å². The molecule has 1 aliphatic rings. The summed E-state index contributed by atoms with van der Waals surface area (Å²) in [7, 11) is 0. The van der Waals surface area contributed by atoms with Gasteiger partial charge in [0.2, 0.25) is 0 Å². The van der Waals surface area contributed by atoms with E-state index in [0.29, 0.717) is 0 Å². The van der Waals surface area contributed by atoms with E-state index in [1.165, 1.54) is 23.6 Å². The van der Waals surface area contributed by atoms with Gasteiger partial charge in [-0.15, -0.1) is 0 Å². The molecule has 3 aromatic carbocycles. The van der Waals surface area contributed by atoms with Crippen molar-refractivity contribution in [1.29, 1.82) is 0 Å². The maximum absolute atomic E-state index is 11.7. The topological polar surface area (TPSA) is 32.7 Å². The number of hydrogen-bond donors (Lipinski definition) is 0. The summed E-state index contributed by atoms with van der Waals surface area (Å²) in [5.41, 5.74) is 1.08. The molecule has 3 heteroatoms. The van der Waals surface area contributed by atoms with E-state index in [9.17, 15) is 4.91 Å². The highest BCUT2D eigenvalue weighted by molar-refractivity contribution is 6.02. The first-order valence-electron chi connectivity index (χ1n) is 8.32. The van der Waals surface area contributed by atoms with Gasteiger partial charge in [-0.25, -0.2) is 0 Å². The van der Waals surface area contributed by atoms with Crippen molar-refractivity contribution in [2.45, 2.75) is 18.9 Å². The van der Waals surface area contributed by atoms with Gasteiger partial charge in [-0.2, -0.15) is 4.91 Å². The van der Waals surface area contributed by atoms with Gasteiger partial charge < -0.3 is 4.90 Å². The maximum Gasteiger partial charge on any atom is 0.131 e. The molecule has 23 heavy (non-hydrogen) atoms. The van der Waals surface area contributed by atoms with E-state index in [2.05, 4.69) is 40.4 Å². The SMILES string of the molecule is O=N[C@H](CN1CCCC1)c1c2ccccc2cc2ccccc12. The second kappa shape index (κ2) is 6.09. The lowest BCUT2D eigenvalue weighted by Gasteiger charge is -2.21. The van der Waals surface area contributed by atoms with Gasteiger partial charge in [0.25, 0.3) is 0 Å². The van der Waals surface area contributed by atoms with E-state index in [-0.39, 0.29) is 6.04 Å². The van der Waals surface area contributed by atoms with Crippen molar-refractivity contribution in [3.63, 3.8) is 0 Å². The van der Waals surface area contributed by atoms with Crippen LogP contribution < -0.4 is 0 Å². The van der Waals surface area contributed by atoms with Gasteiger partial charge in [-0.3, -0.25) is 0 Å². The van der Waals surface area contributed by atoms with Gasteiger partial charge in [0.1, 0.15) is 6.04 Å². The molecule has 3 aromatic rings. The molecule has 0 bridgehead atoms. The van der Waals surface area contributed by atoms with E-state index in [0.717, 1.165) is 36.0 Å². The molecule has 0 N–H and O–H groups in total. The fraction of sp³-hybridized carbons (Fsp3) is 0.300. The Morgan fingerprint density at radius 1 is 0.913 bits per heavy atom. The minimum absolute atomic E-state index is 0.316. The van der Waals surface area contributed by atoms with E-state index in [1.54, 1.807) is 0 Å². The zero-order valence-corrected chi connectivity index (χ0v) is 13.1. The molecule has 1 saturated heterocycles. The molecule has 1 atom stereocenters. The molecular formula is C20H20N2O. The van der Waals surface area contributed by atoms with E-state index in [1.807, 2.05) is 24.3 Å². The normalized spacial score (nSPS) is 16.9. The Kier molecular flexibility index (Phi) is 3.80. The van der Waals surface area contributed by atoms with Crippen LogP contribution in [0, 0.1) is 4.91 Å². The number of nitroso groups, excluding NO2 is 1. The Bertz CT molecular complexity index is 799. The summed E-state index contributed by atoms with van der Waals surface area (Å²) in [5.74, 6) is 0. The lowest BCUT2D eigenvalue weighted by Crippen LogP contribution is -2.25. The molecule has 0 aromatic heterocycles. The van der Waals surface area contributed by atoms with Crippen LogP contribution in [0.1, 0.15) is 24.4 Å². The summed E-state index contributed by atoms with van der Waals surface area (Å²) in [4.78, 5) is 14.1. The lowest BCUT2D eigenvalue weighted by molar-refractivity contribution is 0.317. The number of hydrogen-bond acceptors (Lipinski definition) is 3. The summed E-state index contributed by atoms with van der Waals surface area (Å²) in [6, 6.07) is 18.5. The second-order valence-corrected chi connectivity index (χ2v) is 6.36. The molecule has 0 unspecified atom stereocenters. The summed E-state index contributed by atoms with van der Waals surface area (Å²) in [6.07, 6.45) is 2.45. The number of rotatable bonds is 4. The standard InChI is InChI=1S/C20H20N2O/c23-21-19(14-22-11-5-6-12-22)20-17-9-3-1-7-15(17)13-16-8-2-4-10-18(16)20/h1-4,7-10,13,19H,5-6,11-12,14H2/t19-/m1/s1. The van der Waals surface area contributed by atoms with E-state index < -0.39 is 0 Å². The molecule has 0 spiro atoms. The van der Waals surface area contributed by atoms with Crippen LogP contribution in [0.25, 0.3) is 21.5 Å². The Labute approximate surface area is 135 Å². The maximum atomic E-state index is 11.7. The summed E-state index contributed by atoms with van der Waals surface area (Å²) < 4.78 is 0. The van der Waals surface area contributed by atoms with Gasteiger partial charge >= 0.3 is 0 Å². The van der Waals surface area contributed by atoms with Crippen LogP contribution in [0.15, 0.2) is 59.8 Å². The van der Waals surface area contributed by atoms with E-state index in [4.69, 9.17) is 0 Å². The Balaban J connectivity index is 1.91. The fourth-order valence-electron chi connectivity index (χ4n) is 3.80. The van der Waals surface area contributed by atoms with Crippen LogP contribution in [0.3, 0.4) is 0 Å². The zero-order chi connectivity index (χ0) is 15.6. The van der Waals surface area contributed by atoms with Gasteiger partial charge in [-0.1, -0.05) is 53.7 Å². The Hall–Kier alpha value is -2.26. The van der Waals surface area contributed by atoms with Crippen LogP contribution in [0.2, 0.25) is 0 Å². The van der Waals surface area contributed by atoms with Crippen molar-refractivity contribution in [3.05, 3.63) is 65.1 Å². The predicted molar refractivity (Wildman–Crippen MR) is 95.7 cm³/mol. The third-order valence-electron chi connectivity index (χ3n) is 4.90. The monoisotopic (exact) mass is 304 g/mol. The van der Waals surface area contributed by atoms with Crippen molar-refractivity contribution < 1.29 is 0 Å². The first-order valence-corrected chi connectivity index (χ1v) is 8.32. The van der Waals surface area contributed by atoms with Gasteiger partial charge in [-0.05, 0) is 59.1 Å². The molecule has 0 amide bonds. The first kappa shape index (κ1) is 14.3. The quantitative estimate of drug-likeness (QED) is 0.507. The average Bonchev–Trinajstić information content (AvgIpc) is 3.11. The number of benzene rings is 3. The van der Waals surface area contributed by atoms with Gasteiger partial charge in [0.05, 0.1) is 0 Å². The number of nitrogens with zero attached hydrogens (tertiary/aromatic N) is 2. The second-order valence-electron chi connectivity index (χ2n) is 6.36. The average molecular weight is 304 g/mol. The smallest absolute Gasteiger partial charge is 0.131 e. The molecule has 1 aliphatic heterocycles. The van der Waals surface area contributed by atoms with Crippen molar-refractivity contribution in [3.8, 4) is 0 Å². The molecular weight excluding hydrogens is 284 g/mol. The third kappa shape index (κ3) is 2.62. The molecule has 4 rings (SSSR count). The van der Waals surface area contributed by atoms with Crippen LogP contribution in [-0.2, 0) is 0 Å². The molecule has 0 saturated carbocycles. The van der Waals surface area contributed by atoms with Crippen molar-refractivity contribution in [1.82, 2.24) is 4.90 Å². The van der Waals surface area contributed by atoms with Crippen LogP contribution in [-0.4, -0.2) is 24.5 Å². The highest BCUT2D eigenvalue weighted by Gasteiger charge is 2.23. The van der Waals surface area contributed by atoms with Gasteiger partial charge in [0.15, 0.2) is 0 Å². The largest absolute Gasteiger partial charge is 0.301 e. The number of likely N-dealkylation sites (tertiary alicyclic amines) is 1. The molecule has 116 valence electrons. The van der Waals surface area contributed by atoms with Crippen molar-refractivity contribution in [2.75, 3.05) is 19.6 Å². The van der Waals surface area contributed by atoms with Crippen molar-refractivity contribution in [2.24, 2.45) is 5.18 Å². The van der Waals surface area contributed by atoms with Crippen molar-refractivity contribution >= 4 is 21.5 Å². The highest BCUT2D eigenvalue weighted by Crippen LogP contribution is 2.35. The summed E-state index contributed by atoms with van der Waals surface area (Å²) in [6.45, 7) is 2.88. The molecule has 0 radical (unpaired) electrons. The lowest BCUT2D eigenvalue weighted by atomic mass is 9.92. The molecule has 3 nitrogen and oxygen atoms in total. The molecule has 0 aliphatic carbocycles. The Morgan fingerprint density at radius 2 is 1.48 bits per heavy atom. The van der Waals surface area contributed by atoms with Crippen LogP contribution in [0.4, 0.5) is 0 Å². The molecule has 1 heterocycles. The zero-order valence-electron chi connectivity index (χ0n) is 13.1. The third-order valence-corrected chi connectivity index (χ3v) is 4.90. The minimum atomic E-state index is -0.316. The highest BCUT2D eigenvalue weighted by atomic mass is 16.3. The molecule has 1 fully saturated rings. The minimum Gasteiger partial charge on any atom is -0.301 e.